The van der Waals surface area contributed by atoms with Crippen LogP contribution in [-0.4, -0.2) is 20.7 Å². The molecule has 2 aromatic rings. The highest BCUT2D eigenvalue weighted by Gasteiger charge is 2.34. The second kappa shape index (κ2) is 6.03. The van der Waals surface area contributed by atoms with Crippen LogP contribution in [0.1, 0.15) is 11.4 Å². The Morgan fingerprint density at radius 2 is 2.18 bits per heavy atom. The molecule has 0 aliphatic heterocycles. The molecule has 1 aromatic carbocycles. The molecular weight excluding hydrogens is 323 g/mol. The van der Waals surface area contributed by atoms with Crippen LogP contribution in [0.15, 0.2) is 24.5 Å². The lowest BCUT2D eigenvalue weighted by Crippen LogP contribution is -2.21. The number of benzene rings is 1. The second-order valence-corrected chi connectivity index (χ2v) is 4.57. The van der Waals surface area contributed by atoms with Crippen LogP contribution in [0.25, 0.3) is 0 Å². The van der Waals surface area contributed by atoms with Crippen LogP contribution in [0.5, 0.6) is 0 Å². The Hall–Kier alpha value is -2.60. The summed E-state index contributed by atoms with van der Waals surface area (Å²) in [6.07, 6.45) is -3.54. The van der Waals surface area contributed by atoms with Crippen LogP contribution in [0.3, 0.4) is 0 Å². The van der Waals surface area contributed by atoms with Gasteiger partial charge in [0.05, 0.1) is 11.3 Å². The first kappa shape index (κ1) is 15.8. The van der Waals surface area contributed by atoms with Crippen LogP contribution >= 0.6 is 11.6 Å². The van der Waals surface area contributed by atoms with Gasteiger partial charge in [0.15, 0.2) is 0 Å². The highest BCUT2D eigenvalue weighted by Crippen LogP contribution is 2.36. The lowest BCUT2D eigenvalue weighted by molar-refractivity contribution is -0.137. The molecular formula is C12H7ClF3N5O. The van der Waals surface area contributed by atoms with Gasteiger partial charge in [0.2, 0.25) is 11.7 Å². The molecule has 2 rings (SSSR count). The molecule has 1 amide bonds. The topological polar surface area (TPSA) is 83.6 Å². The molecule has 0 aliphatic rings. The van der Waals surface area contributed by atoms with E-state index in [4.69, 9.17) is 16.9 Å². The maximum atomic E-state index is 12.9. The van der Waals surface area contributed by atoms with Gasteiger partial charge in [0.25, 0.3) is 0 Å². The molecule has 1 aromatic heterocycles. The molecule has 0 fully saturated rings. The van der Waals surface area contributed by atoms with Crippen molar-refractivity contribution in [1.82, 2.24) is 14.8 Å². The molecule has 0 unspecified atom stereocenters. The number of anilines is 1. The quantitative estimate of drug-likeness (QED) is 0.937. The van der Waals surface area contributed by atoms with Gasteiger partial charge in [-0.3, -0.25) is 9.36 Å². The van der Waals surface area contributed by atoms with Crippen LogP contribution in [-0.2, 0) is 17.5 Å². The Balaban J connectivity index is 2.21. The van der Waals surface area contributed by atoms with Gasteiger partial charge in [0, 0.05) is 5.02 Å². The Kier molecular flexibility index (Phi) is 4.32. The van der Waals surface area contributed by atoms with E-state index in [1.54, 1.807) is 6.07 Å². The van der Waals surface area contributed by atoms with Crippen LogP contribution in [0, 0.1) is 11.3 Å². The lowest BCUT2D eigenvalue weighted by Gasteiger charge is -2.14. The molecule has 0 bridgehead atoms. The summed E-state index contributed by atoms with van der Waals surface area (Å²) in [6, 6.07) is 4.70. The van der Waals surface area contributed by atoms with Gasteiger partial charge < -0.3 is 5.32 Å². The molecule has 22 heavy (non-hydrogen) atoms. The van der Waals surface area contributed by atoms with Gasteiger partial charge in [-0.05, 0) is 18.2 Å². The predicted octanol–water partition coefficient (Wildman–Crippen LogP) is 2.46. The van der Waals surface area contributed by atoms with Gasteiger partial charge in [0.1, 0.15) is 18.9 Å². The number of amides is 1. The summed E-state index contributed by atoms with van der Waals surface area (Å²) in [7, 11) is 0. The normalized spacial score (nSPS) is 11.0. The van der Waals surface area contributed by atoms with Crippen molar-refractivity contribution in [2.75, 3.05) is 5.32 Å². The van der Waals surface area contributed by atoms with Gasteiger partial charge in [-0.2, -0.15) is 18.4 Å². The molecule has 0 saturated heterocycles. The standard InChI is InChI=1S/C12H7ClF3N5O/c13-7-1-2-9(8(3-7)12(14,15)16)19-11(22)5-21-6-18-20-10(21)4-17/h1-3,6H,5H2,(H,19,22). The third-order valence-electron chi connectivity index (χ3n) is 2.59. The summed E-state index contributed by atoms with van der Waals surface area (Å²) >= 11 is 5.54. The number of nitrogens with one attached hydrogen (secondary N) is 1. The predicted molar refractivity (Wildman–Crippen MR) is 69.8 cm³/mol. The van der Waals surface area contributed by atoms with E-state index < -0.39 is 29.9 Å². The fourth-order valence-electron chi connectivity index (χ4n) is 1.66. The lowest BCUT2D eigenvalue weighted by atomic mass is 10.1. The first-order chi connectivity index (χ1) is 10.3. The van der Waals surface area contributed by atoms with Crippen molar-refractivity contribution in [3.63, 3.8) is 0 Å². The zero-order chi connectivity index (χ0) is 16.3. The van der Waals surface area contributed by atoms with E-state index in [1.807, 2.05) is 0 Å². The average Bonchev–Trinajstić information content (AvgIpc) is 2.86. The minimum absolute atomic E-state index is 0.101. The van der Waals surface area contributed by atoms with Crippen molar-refractivity contribution in [1.29, 1.82) is 5.26 Å². The van der Waals surface area contributed by atoms with Crippen molar-refractivity contribution in [2.24, 2.45) is 0 Å². The highest BCUT2D eigenvalue weighted by molar-refractivity contribution is 6.30. The number of rotatable bonds is 3. The second-order valence-electron chi connectivity index (χ2n) is 4.13. The van der Waals surface area contributed by atoms with E-state index in [0.29, 0.717) is 0 Å². The molecule has 0 spiro atoms. The number of aromatic nitrogens is 3. The number of nitrogens with zero attached hydrogens (tertiary/aromatic N) is 4. The van der Waals surface area contributed by atoms with Crippen LogP contribution in [0.4, 0.5) is 18.9 Å². The summed E-state index contributed by atoms with van der Waals surface area (Å²) in [4.78, 5) is 11.8. The van der Waals surface area contributed by atoms with Crippen LogP contribution in [0.2, 0.25) is 5.02 Å². The van der Waals surface area contributed by atoms with Crippen LogP contribution < -0.4 is 5.32 Å². The maximum absolute atomic E-state index is 12.9. The number of alkyl halides is 3. The molecule has 0 aliphatic carbocycles. The smallest absolute Gasteiger partial charge is 0.324 e. The zero-order valence-electron chi connectivity index (χ0n) is 10.7. The van der Waals surface area contributed by atoms with Crippen molar-refractivity contribution >= 4 is 23.2 Å². The molecule has 114 valence electrons. The Bertz CT molecular complexity index is 750. The van der Waals surface area contributed by atoms with Gasteiger partial charge in [-0.15, -0.1) is 10.2 Å². The van der Waals surface area contributed by atoms with Crippen molar-refractivity contribution in [3.05, 3.63) is 40.9 Å². The van der Waals surface area contributed by atoms with E-state index in [2.05, 4.69) is 15.5 Å². The Morgan fingerprint density at radius 1 is 1.45 bits per heavy atom. The molecule has 0 atom stereocenters. The minimum Gasteiger partial charge on any atom is -0.324 e. The fourth-order valence-corrected chi connectivity index (χ4v) is 1.83. The summed E-state index contributed by atoms with van der Waals surface area (Å²) in [5.74, 6) is -0.883. The van der Waals surface area contributed by atoms with Crippen molar-refractivity contribution in [2.45, 2.75) is 12.7 Å². The van der Waals surface area contributed by atoms with Gasteiger partial charge in [-0.25, -0.2) is 0 Å². The van der Waals surface area contributed by atoms with E-state index in [1.165, 1.54) is 6.07 Å². The first-order valence-electron chi connectivity index (χ1n) is 5.76. The summed E-state index contributed by atoms with van der Waals surface area (Å²) in [6.45, 7) is -0.393. The van der Waals surface area contributed by atoms with Crippen molar-refractivity contribution in [3.8, 4) is 6.07 Å². The van der Waals surface area contributed by atoms with Gasteiger partial charge in [-0.1, -0.05) is 11.6 Å². The monoisotopic (exact) mass is 329 g/mol. The van der Waals surface area contributed by atoms with E-state index >= 15 is 0 Å². The first-order valence-corrected chi connectivity index (χ1v) is 6.13. The summed E-state index contributed by atoms with van der Waals surface area (Å²) < 4.78 is 39.8. The number of hydrogen-bond acceptors (Lipinski definition) is 4. The highest BCUT2D eigenvalue weighted by atomic mass is 35.5. The Morgan fingerprint density at radius 3 is 2.82 bits per heavy atom. The summed E-state index contributed by atoms with van der Waals surface area (Å²) in [5.41, 5.74) is -1.48. The number of hydrogen-bond donors (Lipinski definition) is 1. The minimum atomic E-state index is -4.66. The maximum Gasteiger partial charge on any atom is 0.418 e. The average molecular weight is 330 g/mol. The zero-order valence-corrected chi connectivity index (χ0v) is 11.5. The number of carbonyl (C=O) groups excluding carboxylic acids is 1. The summed E-state index contributed by atoms with van der Waals surface area (Å²) in [5, 5.41) is 17.6. The molecule has 0 radical (unpaired) electrons. The largest absolute Gasteiger partial charge is 0.418 e. The van der Waals surface area contributed by atoms with Crippen molar-refractivity contribution < 1.29 is 18.0 Å². The number of carbonyl (C=O) groups is 1. The third kappa shape index (κ3) is 3.53. The molecule has 0 saturated carbocycles. The van der Waals surface area contributed by atoms with E-state index in [0.717, 1.165) is 23.0 Å². The van der Waals surface area contributed by atoms with E-state index in [9.17, 15) is 18.0 Å². The third-order valence-corrected chi connectivity index (χ3v) is 2.83. The molecule has 1 N–H and O–H groups in total. The Labute approximate surface area is 127 Å². The molecule has 10 heteroatoms. The van der Waals surface area contributed by atoms with Gasteiger partial charge >= 0.3 is 6.18 Å². The van der Waals surface area contributed by atoms with E-state index in [-0.39, 0.29) is 10.8 Å². The molecule has 1 heterocycles. The number of halogens is 4. The fraction of sp³-hybridized carbons (Fsp3) is 0.167. The SMILES string of the molecule is N#Cc1nncn1CC(=O)Nc1ccc(Cl)cc1C(F)(F)F. The number of nitriles is 1. The molecule has 6 nitrogen and oxygen atoms in total.